The van der Waals surface area contributed by atoms with E-state index in [4.69, 9.17) is 9.72 Å². The molecular formula is C82H65N4OPt-3. The van der Waals surface area contributed by atoms with Crippen LogP contribution < -0.4 is 14.5 Å². The van der Waals surface area contributed by atoms with Gasteiger partial charge in [0.1, 0.15) is 5.82 Å². The van der Waals surface area contributed by atoms with E-state index < -0.39 is 0 Å². The van der Waals surface area contributed by atoms with Crippen molar-refractivity contribution >= 4 is 44.6 Å². The van der Waals surface area contributed by atoms with Crippen molar-refractivity contribution in [1.29, 1.82) is 0 Å². The third-order valence-corrected chi connectivity index (χ3v) is 18.7. The molecule has 0 spiro atoms. The maximum atomic E-state index is 7.33. The van der Waals surface area contributed by atoms with Crippen LogP contribution in [0.25, 0.3) is 83.3 Å². The molecule has 0 amide bonds. The number of nitrogens with zero attached hydrogens (tertiary/aromatic N) is 4. The predicted molar refractivity (Wildman–Crippen MR) is 360 cm³/mol. The Morgan fingerprint density at radius 3 is 1.53 bits per heavy atom. The Balaban J connectivity index is 0.00000680. The standard InChI is InChI=1S/C82H65N4O.Pt/c1-80(2)48-26-49-81(3,4)82(80,62-35-18-9-19-36-62)63-47-50-83-77(53-63)86-73-42-21-20-37-71(73)72-46-45-65(55-76(72)86)87-66-52-61(78-67(57-27-10-5-11-28-57)38-24-39-68(78)58-29-12-6-13-30-58)51-64(54-66)84-56-85(75-44-23-22-43-74(75)84)79-69(59-31-14-7-15-32-59)40-25-41-70(79)60-33-16-8-17-34-60;/h5-25,27-47,50-53,56H,26,48-49H2,1-4H3;/q-3;. The summed E-state index contributed by atoms with van der Waals surface area (Å²) >= 11 is 0. The number of ether oxygens (including phenoxy) is 1. The molecular weight excluding hydrogens is 1250 g/mol. The van der Waals surface area contributed by atoms with Crippen LogP contribution in [0.1, 0.15) is 58.1 Å². The zero-order valence-electron chi connectivity index (χ0n) is 49.8. The van der Waals surface area contributed by atoms with Crippen LogP contribution in [0.2, 0.25) is 0 Å². The molecule has 0 radical (unpaired) electrons. The molecule has 3 heterocycles. The molecule has 1 aliphatic heterocycles. The van der Waals surface area contributed by atoms with E-state index in [1.807, 2.05) is 6.20 Å². The van der Waals surface area contributed by atoms with Crippen LogP contribution in [-0.4, -0.2) is 9.55 Å². The average Bonchev–Trinajstić information content (AvgIpc) is 0.901. The minimum Gasteiger partial charge on any atom is -0.509 e. The van der Waals surface area contributed by atoms with E-state index in [9.17, 15) is 0 Å². The normalized spacial score (nSPS) is 14.8. The number of rotatable bonds is 12. The fraction of sp³-hybridized carbons (Fsp3) is 0.122. The SMILES string of the molecule is CC1(C)CCCC(C)(C)C1(c1ccccc1)c1ccnc(-n2c3[c-]c(Oc4[c-]c(N5[CH-]N(c6c(-c7ccccc7)cccc6-c6ccccc6)c6ccccc65)cc(-c5c(-c6ccccc6)cccc5-c5ccccc5)c4)ccc3c3ccccc32)c1.[Pt]. The molecule has 0 unspecified atom stereocenters. The summed E-state index contributed by atoms with van der Waals surface area (Å²) in [5.74, 6) is 1.96. The van der Waals surface area contributed by atoms with E-state index in [1.165, 1.54) is 17.5 Å². The van der Waals surface area contributed by atoms with E-state index >= 15 is 0 Å². The maximum absolute atomic E-state index is 7.33. The quantitative estimate of drug-likeness (QED) is 0.114. The molecule has 2 aliphatic rings. The summed E-state index contributed by atoms with van der Waals surface area (Å²) in [7, 11) is 0. The Hall–Kier alpha value is -9.54. The molecule has 6 heteroatoms. The van der Waals surface area contributed by atoms with Gasteiger partial charge in [-0.1, -0.05) is 258 Å². The van der Waals surface area contributed by atoms with Gasteiger partial charge in [-0.25, -0.2) is 4.98 Å². The first-order valence-electron chi connectivity index (χ1n) is 30.4. The van der Waals surface area contributed by atoms with Crippen molar-refractivity contribution in [3.05, 3.63) is 309 Å². The van der Waals surface area contributed by atoms with Gasteiger partial charge in [-0.2, -0.15) is 6.07 Å². The first kappa shape index (κ1) is 56.3. The van der Waals surface area contributed by atoms with Gasteiger partial charge in [-0.05, 0) is 109 Å². The van der Waals surface area contributed by atoms with Gasteiger partial charge in [0.05, 0.1) is 0 Å². The molecule has 432 valence electrons. The number of pyridine rings is 1. The van der Waals surface area contributed by atoms with Crippen molar-refractivity contribution < 1.29 is 25.8 Å². The third-order valence-electron chi connectivity index (χ3n) is 18.7. The molecule has 1 saturated carbocycles. The number of hydrogen-bond acceptors (Lipinski definition) is 4. The van der Waals surface area contributed by atoms with Crippen LogP contribution in [0.15, 0.2) is 279 Å². The number of hydrogen-bond donors (Lipinski definition) is 0. The summed E-state index contributed by atoms with van der Waals surface area (Å²) in [6.45, 7) is 12.1. The van der Waals surface area contributed by atoms with Crippen LogP contribution in [0.3, 0.4) is 0 Å². The fourth-order valence-corrected chi connectivity index (χ4v) is 15.2. The van der Waals surface area contributed by atoms with Crippen molar-refractivity contribution in [2.24, 2.45) is 10.8 Å². The van der Waals surface area contributed by atoms with Gasteiger partial charge in [0.2, 0.25) is 0 Å². The zero-order chi connectivity index (χ0) is 58.7. The van der Waals surface area contributed by atoms with E-state index in [0.29, 0.717) is 11.5 Å². The Bertz CT molecular complexity index is 4540. The average molecular weight is 1320 g/mol. The summed E-state index contributed by atoms with van der Waals surface area (Å²) in [4.78, 5) is 9.88. The van der Waals surface area contributed by atoms with Gasteiger partial charge in [-0.15, -0.1) is 53.6 Å². The molecule has 88 heavy (non-hydrogen) atoms. The third kappa shape index (κ3) is 9.55. The van der Waals surface area contributed by atoms with Crippen LogP contribution in [0.4, 0.5) is 22.7 Å². The van der Waals surface area contributed by atoms with Gasteiger partial charge >= 0.3 is 0 Å². The number of anilines is 4. The van der Waals surface area contributed by atoms with Crippen LogP contribution in [-0.2, 0) is 26.5 Å². The molecule has 2 aromatic heterocycles. The summed E-state index contributed by atoms with van der Waals surface area (Å²) in [5.41, 5.74) is 19.1. The van der Waals surface area contributed by atoms with Gasteiger partial charge in [0.25, 0.3) is 0 Å². The second-order valence-electron chi connectivity index (χ2n) is 24.5. The summed E-state index contributed by atoms with van der Waals surface area (Å²) < 4.78 is 9.62. The van der Waals surface area contributed by atoms with E-state index in [2.05, 4.69) is 334 Å². The topological polar surface area (TPSA) is 33.5 Å². The molecule has 11 aromatic carbocycles. The molecule has 0 atom stereocenters. The summed E-state index contributed by atoms with van der Waals surface area (Å²) in [6.07, 6.45) is 5.45. The molecule has 0 bridgehead atoms. The number of fused-ring (bicyclic) bond motifs is 4. The minimum absolute atomic E-state index is 0. The van der Waals surface area contributed by atoms with Crippen molar-refractivity contribution in [3.8, 4) is 73.0 Å². The zero-order valence-corrected chi connectivity index (χ0v) is 52.0. The van der Waals surface area contributed by atoms with Crippen LogP contribution in [0, 0.1) is 29.6 Å². The summed E-state index contributed by atoms with van der Waals surface area (Å²) in [5, 5.41) is 2.19. The van der Waals surface area contributed by atoms with Crippen molar-refractivity contribution in [2.75, 3.05) is 9.80 Å². The number of para-hydroxylation sites is 4. The van der Waals surface area contributed by atoms with Crippen LogP contribution >= 0.6 is 0 Å². The Morgan fingerprint density at radius 2 is 0.943 bits per heavy atom. The van der Waals surface area contributed by atoms with Crippen molar-refractivity contribution in [2.45, 2.75) is 52.4 Å². The smallest absolute Gasteiger partial charge is 0.135 e. The molecule has 0 N–H and O–H groups in total. The van der Waals surface area contributed by atoms with Gasteiger partial charge in [0, 0.05) is 77.9 Å². The van der Waals surface area contributed by atoms with Crippen molar-refractivity contribution in [1.82, 2.24) is 9.55 Å². The molecule has 15 rings (SSSR count). The van der Waals surface area contributed by atoms with E-state index in [0.717, 1.165) is 119 Å². The predicted octanol–water partition coefficient (Wildman–Crippen LogP) is 21.8. The minimum atomic E-state index is -0.300. The second-order valence-corrected chi connectivity index (χ2v) is 24.5. The molecule has 5 nitrogen and oxygen atoms in total. The Kier molecular flexibility index (Phi) is 14.7. The fourth-order valence-electron chi connectivity index (χ4n) is 15.2. The molecule has 0 saturated heterocycles. The maximum Gasteiger partial charge on any atom is 0.135 e. The van der Waals surface area contributed by atoms with Gasteiger partial charge in [0.15, 0.2) is 0 Å². The number of benzene rings is 11. The summed E-state index contributed by atoms with van der Waals surface area (Å²) in [6, 6.07) is 106. The molecule has 1 fully saturated rings. The first-order valence-corrected chi connectivity index (χ1v) is 30.4. The first-order chi connectivity index (χ1) is 42.6. The molecule has 1 aliphatic carbocycles. The van der Waals surface area contributed by atoms with Crippen LogP contribution in [0.5, 0.6) is 11.5 Å². The number of aromatic nitrogens is 2. The monoisotopic (exact) mass is 1320 g/mol. The van der Waals surface area contributed by atoms with Gasteiger partial charge < -0.3 is 19.1 Å². The largest absolute Gasteiger partial charge is 0.509 e. The Labute approximate surface area is 531 Å². The van der Waals surface area contributed by atoms with E-state index in [1.54, 1.807) is 0 Å². The Morgan fingerprint density at radius 1 is 0.432 bits per heavy atom. The second kappa shape index (κ2) is 23.0. The molecule has 13 aromatic rings. The van der Waals surface area contributed by atoms with Gasteiger partial charge in [-0.3, -0.25) is 0 Å². The van der Waals surface area contributed by atoms with Crippen molar-refractivity contribution in [3.63, 3.8) is 0 Å². The van der Waals surface area contributed by atoms with E-state index in [-0.39, 0.29) is 37.3 Å².